The Kier molecular flexibility index (Phi) is 4.24. The molecule has 1 amide bonds. The van der Waals surface area contributed by atoms with Crippen molar-refractivity contribution >= 4 is 17.3 Å². The average molecular weight is 274 g/mol. The smallest absolute Gasteiger partial charge is 0.221 e. The predicted molar refractivity (Wildman–Crippen MR) is 77.9 cm³/mol. The zero-order valence-electron chi connectivity index (χ0n) is 11.7. The molecule has 2 rings (SSSR count). The first-order chi connectivity index (χ1) is 9.60. The van der Waals surface area contributed by atoms with Gasteiger partial charge in [0.25, 0.3) is 0 Å². The molecule has 0 radical (unpaired) electrons. The van der Waals surface area contributed by atoms with Gasteiger partial charge in [-0.1, -0.05) is 0 Å². The van der Waals surface area contributed by atoms with Crippen molar-refractivity contribution in [2.45, 2.75) is 19.9 Å². The summed E-state index contributed by atoms with van der Waals surface area (Å²) in [4.78, 5) is 11.1. The van der Waals surface area contributed by atoms with Crippen LogP contribution in [0, 0.1) is 0 Å². The summed E-state index contributed by atoms with van der Waals surface area (Å²) in [6, 6.07) is 7.40. The molecule has 6 nitrogen and oxygen atoms in total. The summed E-state index contributed by atoms with van der Waals surface area (Å²) in [5.74, 6) is 0.605. The second kappa shape index (κ2) is 6.10. The van der Waals surface area contributed by atoms with Crippen molar-refractivity contribution in [2.24, 2.45) is 0 Å². The molecule has 20 heavy (non-hydrogen) atoms. The highest BCUT2D eigenvalue weighted by atomic mass is 16.5. The number of hydrogen-bond donors (Lipinski definition) is 3. The number of carbonyl (C=O) groups excluding carboxylic acids is 1. The van der Waals surface area contributed by atoms with Crippen molar-refractivity contribution in [3.63, 3.8) is 0 Å². The summed E-state index contributed by atoms with van der Waals surface area (Å²) in [5, 5.41) is 12.9. The molecule has 106 valence electrons. The first-order valence-corrected chi connectivity index (χ1v) is 6.31. The maximum absolute atomic E-state index is 11.1. The number of nitrogens with zero attached hydrogens (tertiary/aromatic N) is 1. The highest BCUT2D eigenvalue weighted by Crippen LogP contribution is 2.30. The van der Waals surface area contributed by atoms with E-state index in [1.807, 2.05) is 25.1 Å². The van der Waals surface area contributed by atoms with E-state index in [9.17, 15) is 4.79 Å². The van der Waals surface area contributed by atoms with Gasteiger partial charge in [0.1, 0.15) is 5.75 Å². The average Bonchev–Trinajstić information content (AvgIpc) is 2.92. The van der Waals surface area contributed by atoms with Crippen molar-refractivity contribution in [2.75, 3.05) is 17.7 Å². The van der Waals surface area contributed by atoms with Crippen LogP contribution in [0.25, 0.3) is 0 Å². The van der Waals surface area contributed by atoms with Crippen LogP contribution in [0.2, 0.25) is 0 Å². The van der Waals surface area contributed by atoms with Crippen LogP contribution < -0.4 is 15.4 Å². The normalized spacial score (nSPS) is 11.8. The van der Waals surface area contributed by atoms with Crippen molar-refractivity contribution in [1.82, 2.24) is 10.2 Å². The lowest BCUT2D eigenvalue weighted by Crippen LogP contribution is -2.10. The van der Waals surface area contributed by atoms with Crippen LogP contribution in [0.4, 0.5) is 11.4 Å². The Balaban J connectivity index is 2.21. The molecule has 1 aromatic carbocycles. The molecular weight excluding hydrogens is 256 g/mol. The summed E-state index contributed by atoms with van der Waals surface area (Å²) < 4.78 is 5.32. The molecule has 6 heteroatoms. The first kappa shape index (κ1) is 13.9. The van der Waals surface area contributed by atoms with E-state index in [0.717, 1.165) is 17.1 Å². The van der Waals surface area contributed by atoms with E-state index >= 15 is 0 Å². The number of nitrogens with one attached hydrogen (secondary N) is 3. The van der Waals surface area contributed by atoms with Gasteiger partial charge >= 0.3 is 0 Å². The fourth-order valence-electron chi connectivity index (χ4n) is 1.92. The highest BCUT2D eigenvalue weighted by molar-refractivity contribution is 5.89. The number of anilines is 2. The number of methoxy groups -OCH3 is 1. The number of aromatic nitrogens is 2. The number of ether oxygens (including phenoxy) is 1. The van der Waals surface area contributed by atoms with E-state index in [1.165, 1.54) is 6.92 Å². The third kappa shape index (κ3) is 3.28. The highest BCUT2D eigenvalue weighted by Gasteiger charge is 2.11. The minimum atomic E-state index is -0.109. The third-order valence-electron chi connectivity index (χ3n) is 2.88. The number of hydrogen-bond acceptors (Lipinski definition) is 4. The molecule has 3 N–H and O–H groups in total. The van der Waals surface area contributed by atoms with E-state index in [-0.39, 0.29) is 11.9 Å². The fourth-order valence-corrected chi connectivity index (χ4v) is 1.92. The second-order valence-corrected chi connectivity index (χ2v) is 4.47. The molecule has 2 aromatic rings. The van der Waals surface area contributed by atoms with E-state index < -0.39 is 0 Å². The van der Waals surface area contributed by atoms with Crippen LogP contribution in [-0.2, 0) is 4.79 Å². The number of rotatable bonds is 5. The van der Waals surface area contributed by atoms with Crippen molar-refractivity contribution in [1.29, 1.82) is 0 Å². The molecule has 0 aliphatic carbocycles. The van der Waals surface area contributed by atoms with Gasteiger partial charge in [0, 0.05) is 18.8 Å². The fraction of sp³-hybridized carbons (Fsp3) is 0.286. The summed E-state index contributed by atoms with van der Waals surface area (Å²) >= 11 is 0. The Hall–Kier alpha value is -2.50. The second-order valence-electron chi connectivity index (χ2n) is 4.47. The third-order valence-corrected chi connectivity index (χ3v) is 2.88. The first-order valence-electron chi connectivity index (χ1n) is 6.31. The lowest BCUT2D eigenvalue weighted by atomic mass is 10.2. The standard InChI is InChI=1S/C14H18N4O2/c1-9(12-6-7-15-18-12)16-13-8-11(17-10(2)19)4-5-14(13)20-3/h4-9,16H,1-3H3,(H,15,18)(H,17,19). The van der Waals surface area contributed by atoms with E-state index in [4.69, 9.17) is 4.74 Å². The number of carbonyl (C=O) groups is 1. The van der Waals surface area contributed by atoms with Crippen LogP contribution in [0.5, 0.6) is 5.75 Å². The molecule has 0 saturated carbocycles. The van der Waals surface area contributed by atoms with Crippen LogP contribution in [0.15, 0.2) is 30.5 Å². The summed E-state index contributed by atoms with van der Waals surface area (Å²) in [5.41, 5.74) is 2.50. The van der Waals surface area contributed by atoms with E-state index in [1.54, 1.807) is 19.4 Å². The van der Waals surface area contributed by atoms with Gasteiger partial charge in [-0.05, 0) is 31.2 Å². The molecule has 0 aliphatic heterocycles. The molecule has 0 fully saturated rings. The summed E-state index contributed by atoms with van der Waals surface area (Å²) in [6.45, 7) is 3.49. The van der Waals surface area contributed by atoms with Gasteiger partial charge in [-0.25, -0.2) is 0 Å². The molecule has 0 spiro atoms. The largest absolute Gasteiger partial charge is 0.495 e. The Bertz CT molecular complexity index is 581. The van der Waals surface area contributed by atoms with Crippen molar-refractivity contribution in [3.05, 3.63) is 36.2 Å². The van der Waals surface area contributed by atoms with Gasteiger partial charge in [-0.2, -0.15) is 5.10 Å². The molecule has 1 atom stereocenters. The number of amides is 1. The quantitative estimate of drug-likeness (QED) is 0.783. The number of benzene rings is 1. The summed E-state index contributed by atoms with van der Waals surface area (Å²) in [6.07, 6.45) is 1.71. The molecule has 1 unspecified atom stereocenters. The minimum Gasteiger partial charge on any atom is -0.495 e. The topological polar surface area (TPSA) is 79.0 Å². The van der Waals surface area contributed by atoms with E-state index in [0.29, 0.717) is 5.75 Å². The Labute approximate surface area is 117 Å². The van der Waals surface area contributed by atoms with Crippen LogP contribution in [-0.4, -0.2) is 23.2 Å². The Morgan fingerprint density at radius 2 is 2.20 bits per heavy atom. The van der Waals surface area contributed by atoms with Crippen LogP contribution >= 0.6 is 0 Å². The number of aromatic amines is 1. The SMILES string of the molecule is COc1ccc(NC(C)=O)cc1NC(C)c1ccn[nH]1. The molecule has 0 aliphatic rings. The van der Waals surface area contributed by atoms with Crippen LogP contribution in [0.1, 0.15) is 25.6 Å². The lowest BCUT2D eigenvalue weighted by molar-refractivity contribution is -0.114. The summed E-state index contributed by atoms with van der Waals surface area (Å²) in [7, 11) is 1.61. The minimum absolute atomic E-state index is 0.0407. The van der Waals surface area contributed by atoms with Crippen LogP contribution in [0.3, 0.4) is 0 Å². The lowest BCUT2D eigenvalue weighted by Gasteiger charge is -2.17. The van der Waals surface area contributed by atoms with Crippen molar-refractivity contribution < 1.29 is 9.53 Å². The van der Waals surface area contributed by atoms with Gasteiger partial charge in [0.2, 0.25) is 5.91 Å². The Morgan fingerprint density at radius 1 is 1.40 bits per heavy atom. The number of H-pyrrole nitrogens is 1. The molecule has 0 saturated heterocycles. The maximum Gasteiger partial charge on any atom is 0.221 e. The Morgan fingerprint density at radius 3 is 2.80 bits per heavy atom. The molecule has 1 aromatic heterocycles. The van der Waals surface area contributed by atoms with Gasteiger partial charge < -0.3 is 15.4 Å². The van der Waals surface area contributed by atoms with E-state index in [2.05, 4.69) is 20.8 Å². The maximum atomic E-state index is 11.1. The molecular formula is C14H18N4O2. The molecule has 0 bridgehead atoms. The zero-order valence-corrected chi connectivity index (χ0v) is 11.7. The van der Waals surface area contributed by atoms with Gasteiger partial charge in [-0.15, -0.1) is 0 Å². The van der Waals surface area contributed by atoms with Gasteiger partial charge in [0.15, 0.2) is 0 Å². The van der Waals surface area contributed by atoms with Crippen molar-refractivity contribution in [3.8, 4) is 5.75 Å². The predicted octanol–water partition coefficient (Wildman–Crippen LogP) is 2.55. The van der Waals surface area contributed by atoms with Gasteiger partial charge in [0.05, 0.1) is 24.5 Å². The monoisotopic (exact) mass is 274 g/mol. The zero-order chi connectivity index (χ0) is 14.5. The molecule has 1 heterocycles. The van der Waals surface area contributed by atoms with Gasteiger partial charge in [-0.3, -0.25) is 9.89 Å².